The number of amides is 2. The summed E-state index contributed by atoms with van der Waals surface area (Å²) in [6.07, 6.45) is 0.823. The summed E-state index contributed by atoms with van der Waals surface area (Å²) in [6.45, 7) is 7.91. The first-order valence-corrected chi connectivity index (χ1v) is 12.0. The van der Waals surface area contributed by atoms with Gasteiger partial charge in [-0.25, -0.2) is 0 Å². The molecule has 0 aliphatic rings. The largest absolute Gasteiger partial charge is 0.483 e. The van der Waals surface area contributed by atoms with Gasteiger partial charge in [-0.1, -0.05) is 67.1 Å². The molecule has 0 aliphatic carbocycles. The van der Waals surface area contributed by atoms with Gasteiger partial charge < -0.3 is 15.0 Å². The number of hydrogen-bond acceptors (Lipinski definition) is 3. The second-order valence-electron chi connectivity index (χ2n) is 8.39. The molecule has 0 aliphatic heterocycles. The van der Waals surface area contributed by atoms with Crippen molar-refractivity contribution in [3.05, 3.63) is 76.3 Å². The van der Waals surface area contributed by atoms with Crippen molar-refractivity contribution in [2.75, 3.05) is 6.61 Å². The topological polar surface area (TPSA) is 58.6 Å². The maximum atomic E-state index is 13.3. The van der Waals surface area contributed by atoms with Gasteiger partial charge in [-0.3, -0.25) is 9.59 Å². The second kappa shape index (κ2) is 11.3. The number of fused-ring (bicyclic) bond motifs is 1. The van der Waals surface area contributed by atoms with Gasteiger partial charge in [-0.2, -0.15) is 0 Å². The SMILES string of the molecule is CC[C@H](C)NC(=O)[C@H](C)N(Cc1ccc(C)cc1)C(=O)COc1ccc2ccccc2c1Br. The van der Waals surface area contributed by atoms with E-state index >= 15 is 0 Å². The summed E-state index contributed by atoms with van der Waals surface area (Å²) in [5.41, 5.74) is 2.10. The number of halogens is 1. The molecule has 0 fully saturated rings. The van der Waals surface area contributed by atoms with Gasteiger partial charge in [0.05, 0.1) is 4.47 Å². The average molecular weight is 511 g/mol. The highest BCUT2D eigenvalue weighted by molar-refractivity contribution is 9.10. The molecule has 0 saturated heterocycles. The van der Waals surface area contributed by atoms with Gasteiger partial charge >= 0.3 is 0 Å². The van der Waals surface area contributed by atoms with Gasteiger partial charge in [-0.15, -0.1) is 0 Å². The Bertz CT molecular complexity index is 1110. The molecule has 0 bridgehead atoms. The lowest BCUT2D eigenvalue weighted by Crippen LogP contribution is -2.50. The van der Waals surface area contributed by atoms with E-state index in [1.165, 1.54) is 0 Å². The third-order valence-corrected chi connectivity index (χ3v) is 6.64. The zero-order valence-electron chi connectivity index (χ0n) is 19.6. The van der Waals surface area contributed by atoms with Crippen LogP contribution in [0.15, 0.2) is 65.1 Å². The van der Waals surface area contributed by atoms with E-state index in [1.807, 2.05) is 81.4 Å². The molecule has 0 spiro atoms. The van der Waals surface area contributed by atoms with Gasteiger partial charge in [0, 0.05) is 12.6 Å². The van der Waals surface area contributed by atoms with E-state index in [0.717, 1.165) is 32.8 Å². The van der Waals surface area contributed by atoms with Crippen LogP contribution in [0.25, 0.3) is 10.8 Å². The normalized spacial score (nSPS) is 12.8. The van der Waals surface area contributed by atoms with Gasteiger partial charge in [0.2, 0.25) is 5.91 Å². The molecule has 0 aromatic heterocycles. The fourth-order valence-electron chi connectivity index (χ4n) is 3.49. The molecule has 6 heteroatoms. The summed E-state index contributed by atoms with van der Waals surface area (Å²) in [6, 6.07) is 19.2. The first-order chi connectivity index (χ1) is 15.8. The maximum absolute atomic E-state index is 13.3. The predicted octanol–water partition coefficient (Wildman–Crippen LogP) is 5.62. The Morgan fingerprint density at radius 1 is 1.03 bits per heavy atom. The highest BCUT2D eigenvalue weighted by Crippen LogP contribution is 2.33. The molecular weight excluding hydrogens is 480 g/mol. The zero-order chi connectivity index (χ0) is 24.0. The number of carbonyl (C=O) groups excluding carboxylic acids is 2. The number of benzene rings is 3. The van der Waals surface area contributed by atoms with Crippen LogP contribution in [0.1, 0.15) is 38.3 Å². The molecule has 174 valence electrons. The van der Waals surface area contributed by atoms with Crippen molar-refractivity contribution in [1.29, 1.82) is 0 Å². The molecule has 3 aromatic rings. The lowest BCUT2D eigenvalue weighted by molar-refractivity contribution is -0.142. The van der Waals surface area contributed by atoms with E-state index < -0.39 is 6.04 Å². The molecule has 0 heterocycles. The van der Waals surface area contributed by atoms with Crippen LogP contribution in [-0.2, 0) is 16.1 Å². The minimum atomic E-state index is -0.628. The molecule has 0 unspecified atom stereocenters. The molecule has 2 amide bonds. The Labute approximate surface area is 204 Å². The Kier molecular flexibility index (Phi) is 8.50. The van der Waals surface area contributed by atoms with Crippen molar-refractivity contribution in [3.8, 4) is 5.75 Å². The fourth-order valence-corrected chi connectivity index (χ4v) is 4.09. The Balaban J connectivity index is 1.78. The third kappa shape index (κ3) is 6.35. The van der Waals surface area contributed by atoms with Gasteiger partial charge in [0.25, 0.3) is 5.91 Å². The number of hydrogen-bond donors (Lipinski definition) is 1. The number of aryl methyl sites for hydroxylation is 1. The number of nitrogens with zero attached hydrogens (tertiary/aromatic N) is 1. The first-order valence-electron chi connectivity index (χ1n) is 11.3. The summed E-state index contributed by atoms with van der Waals surface area (Å²) < 4.78 is 6.71. The van der Waals surface area contributed by atoms with Crippen molar-refractivity contribution in [1.82, 2.24) is 10.2 Å². The highest BCUT2D eigenvalue weighted by atomic mass is 79.9. The molecule has 1 N–H and O–H groups in total. The van der Waals surface area contributed by atoms with Crippen LogP contribution in [0.3, 0.4) is 0 Å². The van der Waals surface area contributed by atoms with E-state index in [1.54, 1.807) is 11.8 Å². The fraction of sp³-hybridized carbons (Fsp3) is 0.333. The van der Waals surface area contributed by atoms with Crippen LogP contribution in [0.2, 0.25) is 0 Å². The number of nitrogens with one attached hydrogen (secondary N) is 1. The van der Waals surface area contributed by atoms with Crippen LogP contribution >= 0.6 is 15.9 Å². The molecule has 3 aromatic carbocycles. The summed E-state index contributed by atoms with van der Waals surface area (Å²) in [4.78, 5) is 27.7. The molecule has 0 radical (unpaired) electrons. The van der Waals surface area contributed by atoms with Crippen molar-refractivity contribution in [2.45, 2.75) is 52.7 Å². The van der Waals surface area contributed by atoms with E-state index in [9.17, 15) is 9.59 Å². The standard InChI is InChI=1S/C27H31BrN2O3/c1-5-19(3)29-27(32)20(4)30(16-21-12-10-18(2)11-13-21)25(31)17-33-24-15-14-22-8-6-7-9-23(22)26(24)28/h6-15,19-20H,5,16-17H2,1-4H3,(H,29,32)/t19-,20-/m0/s1. The van der Waals surface area contributed by atoms with Gasteiger partial charge in [0.1, 0.15) is 11.8 Å². The summed E-state index contributed by atoms with van der Waals surface area (Å²) in [5, 5.41) is 5.08. The second-order valence-corrected chi connectivity index (χ2v) is 9.18. The minimum absolute atomic E-state index is 0.0427. The Hall–Kier alpha value is -2.86. The van der Waals surface area contributed by atoms with E-state index in [0.29, 0.717) is 12.3 Å². The number of ether oxygens (including phenoxy) is 1. The van der Waals surface area contributed by atoms with Crippen LogP contribution in [0.4, 0.5) is 0 Å². The van der Waals surface area contributed by atoms with Gasteiger partial charge in [-0.05, 0) is 65.5 Å². The van der Waals surface area contributed by atoms with E-state index in [-0.39, 0.29) is 24.5 Å². The van der Waals surface area contributed by atoms with E-state index in [2.05, 4.69) is 21.2 Å². The maximum Gasteiger partial charge on any atom is 0.261 e. The molecule has 0 saturated carbocycles. The zero-order valence-corrected chi connectivity index (χ0v) is 21.2. The summed E-state index contributed by atoms with van der Waals surface area (Å²) >= 11 is 3.60. The smallest absolute Gasteiger partial charge is 0.261 e. The number of carbonyl (C=O) groups is 2. The van der Waals surface area contributed by atoms with Crippen molar-refractivity contribution in [3.63, 3.8) is 0 Å². The Morgan fingerprint density at radius 3 is 2.42 bits per heavy atom. The van der Waals surface area contributed by atoms with Crippen LogP contribution in [-0.4, -0.2) is 35.4 Å². The molecule has 3 rings (SSSR count). The van der Waals surface area contributed by atoms with Crippen LogP contribution in [0, 0.1) is 6.92 Å². The average Bonchev–Trinajstić information content (AvgIpc) is 2.82. The monoisotopic (exact) mass is 510 g/mol. The molecule has 2 atom stereocenters. The summed E-state index contributed by atoms with van der Waals surface area (Å²) in [7, 11) is 0. The van der Waals surface area contributed by atoms with Crippen molar-refractivity contribution in [2.24, 2.45) is 0 Å². The van der Waals surface area contributed by atoms with Crippen LogP contribution < -0.4 is 10.1 Å². The third-order valence-electron chi connectivity index (χ3n) is 5.82. The van der Waals surface area contributed by atoms with Crippen LogP contribution in [0.5, 0.6) is 5.75 Å². The Morgan fingerprint density at radius 2 is 1.73 bits per heavy atom. The van der Waals surface area contributed by atoms with Gasteiger partial charge in [0.15, 0.2) is 6.61 Å². The minimum Gasteiger partial charge on any atom is -0.483 e. The van der Waals surface area contributed by atoms with Crippen molar-refractivity contribution < 1.29 is 14.3 Å². The highest BCUT2D eigenvalue weighted by Gasteiger charge is 2.27. The first kappa shape index (κ1) is 24.8. The molecular formula is C27H31BrN2O3. The lowest BCUT2D eigenvalue weighted by Gasteiger charge is -2.29. The van der Waals surface area contributed by atoms with E-state index in [4.69, 9.17) is 4.74 Å². The molecule has 33 heavy (non-hydrogen) atoms. The number of rotatable bonds is 9. The summed E-state index contributed by atoms with van der Waals surface area (Å²) in [5.74, 6) is 0.174. The predicted molar refractivity (Wildman–Crippen MR) is 136 cm³/mol. The lowest BCUT2D eigenvalue weighted by atomic mass is 10.1. The molecule has 5 nitrogen and oxygen atoms in total. The quantitative estimate of drug-likeness (QED) is 0.406. The van der Waals surface area contributed by atoms with Crippen molar-refractivity contribution >= 4 is 38.5 Å².